The lowest BCUT2D eigenvalue weighted by Gasteiger charge is -2.11. The zero-order valence-corrected chi connectivity index (χ0v) is 10.5. The monoisotopic (exact) mass is 262 g/mol. The molecule has 0 atom stereocenters. The van der Waals surface area contributed by atoms with E-state index in [9.17, 15) is 4.39 Å². The molecule has 0 radical (unpaired) electrons. The molecule has 1 aromatic carbocycles. The fourth-order valence-corrected chi connectivity index (χ4v) is 1.70. The average Bonchev–Trinajstić information content (AvgIpc) is 2.34. The smallest absolute Gasteiger partial charge is 0.163 e. The lowest BCUT2D eigenvalue weighted by Crippen LogP contribution is -2.14. The summed E-state index contributed by atoms with van der Waals surface area (Å²) in [5, 5.41) is 10.5. The highest BCUT2D eigenvalue weighted by Crippen LogP contribution is 2.24. The Hall–Kier alpha value is -2.08. The third kappa shape index (κ3) is 2.43. The van der Waals surface area contributed by atoms with Crippen LogP contribution in [0.3, 0.4) is 0 Å². The van der Waals surface area contributed by atoms with E-state index < -0.39 is 0 Å². The van der Waals surface area contributed by atoms with Gasteiger partial charge in [-0.05, 0) is 24.6 Å². The zero-order chi connectivity index (χ0) is 13.1. The topological polar surface area (TPSA) is 63.8 Å². The van der Waals surface area contributed by atoms with Crippen molar-refractivity contribution in [2.45, 2.75) is 6.92 Å². The minimum absolute atomic E-state index is 0.182. The van der Waals surface area contributed by atoms with Gasteiger partial charge >= 0.3 is 0 Å². The first kappa shape index (κ1) is 12.4. The van der Waals surface area contributed by atoms with Crippen molar-refractivity contribution in [3.63, 3.8) is 0 Å². The van der Waals surface area contributed by atoms with E-state index in [1.165, 1.54) is 12.3 Å². The van der Waals surface area contributed by atoms with E-state index in [2.05, 4.69) is 15.5 Å². The number of thiocarbonyl (C=S) groups is 1. The number of nitrogens with zero attached hydrogens (tertiary/aromatic N) is 2. The molecule has 1 aromatic heterocycles. The number of aryl methyl sites for hydroxylation is 1. The number of para-hydroxylation sites is 1. The van der Waals surface area contributed by atoms with Gasteiger partial charge in [0.05, 0.1) is 17.4 Å². The molecule has 2 rings (SSSR count). The molecule has 4 nitrogen and oxygen atoms in total. The Balaban J connectivity index is 2.43. The summed E-state index contributed by atoms with van der Waals surface area (Å²) < 4.78 is 13.7. The molecule has 6 heteroatoms. The van der Waals surface area contributed by atoms with Crippen LogP contribution in [0.1, 0.15) is 11.1 Å². The molecule has 0 aliphatic carbocycles. The Morgan fingerprint density at radius 1 is 1.39 bits per heavy atom. The van der Waals surface area contributed by atoms with Gasteiger partial charge in [0, 0.05) is 0 Å². The predicted molar refractivity (Wildman–Crippen MR) is 72.3 cm³/mol. The number of anilines is 2. The Kier molecular flexibility index (Phi) is 3.47. The highest BCUT2D eigenvalue weighted by atomic mass is 32.1. The molecule has 0 saturated carbocycles. The standard InChI is InChI=1S/C12H11FN4S/c1-7-3-2-4-9(13)10(7)16-12-8(11(14)18)5-6-15-17-12/h2-6H,1H3,(H2,14,18)(H,16,17). The molecule has 0 spiro atoms. The summed E-state index contributed by atoms with van der Waals surface area (Å²) in [6.07, 6.45) is 1.48. The minimum Gasteiger partial charge on any atom is -0.389 e. The van der Waals surface area contributed by atoms with E-state index >= 15 is 0 Å². The second kappa shape index (κ2) is 5.05. The number of rotatable bonds is 3. The van der Waals surface area contributed by atoms with Crippen molar-refractivity contribution < 1.29 is 4.39 Å². The Bertz CT molecular complexity index is 580. The molecule has 0 fully saturated rings. The van der Waals surface area contributed by atoms with E-state index in [0.717, 1.165) is 5.56 Å². The van der Waals surface area contributed by atoms with Crippen molar-refractivity contribution in [1.82, 2.24) is 10.2 Å². The molecule has 3 N–H and O–H groups in total. The first-order chi connectivity index (χ1) is 8.59. The van der Waals surface area contributed by atoms with E-state index in [1.54, 1.807) is 25.1 Å². The van der Waals surface area contributed by atoms with Crippen LogP contribution in [0.4, 0.5) is 15.9 Å². The Morgan fingerprint density at radius 2 is 2.17 bits per heavy atom. The van der Waals surface area contributed by atoms with E-state index in [0.29, 0.717) is 17.1 Å². The van der Waals surface area contributed by atoms with Crippen LogP contribution in [0, 0.1) is 12.7 Å². The summed E-state index contributed by atoms with van der Waals surface area (Å²) >= 11 is 4.91. The van der Waals surface area contributed by atoms with Gasteiger partial charge in [0.15, 0.2) is 5.82 Å². The maximum Gasteiger partial charge on any atom is 0.163 e. The third-order valence-corrected chi connectivity index (χ3v) is 2.67. The average molecular weight is 262 g/mol. The summed E-state index contributed by atoms with van der Waals surface area (Å²) in [7, 11) is 0. The summed E-state index contributed by atoms with van der Waals surface area (Å²) in [6.45, 7) is 1.79. The van der Waals surface area contributed by atoms with Crippen LogP contribution in [0.2, 0.25) is 0 Å². The van der Waals surface area contributed by atoms with Crippen molar-refractivity contribution >= 4 is 28.7 Å². The molecule has 0 saturated heterocycles. The van der Waals surface area contributed by atoms with Crippen LogP contribution < -0.4 is 11.1 Å². The van der Waals surface area contributed by atoms with Crippen molar-refractivity contribution in [3.05, 3.63) is 47.4 Å². The maximum absolute atomic E-state index is 13.7. The number of benzene rings is 1. The Labute approximate surface area is 109 Å². The van der Waals surface area contributed by atoms with E-state index in [1.807, 2.05) is 0 Å². The number of nitrogens with one attached hydrogen (secondary N) is 1. The molecule has 2 aromatic rings. The first-order valence-corrected chi connectivity index (χ1v) is 5.64. The van der Waals surface area contributed by atoms with Gasteiger partial charge < -0.3 is 11.1 Å². The summed E-state index contributed by atoms with van der Waals surface area (Å²) in [4.78, 5) is 0.182. The van der Waals surface area contributed by atoms with Gasteiger partial charge in [-0.15, -0.1) is 5.10 Å². The number of nitrogens with two attached hydrogens (primary N) is 1. The molecule has 0 aliphatic rings. The Morgan fingerprint density at radius 3 is 2.83 bits per heavy atom. The lowest BCUT2D eigenvalue weighted by molar-refractivity contribution is 0.630. The van der Waals surface area contributed by atoms with Crippen LogP contribution in [0.15, 0.2) is 30.5 Å². The fourth-order valence-electron chi connectivity index (χ4n) is 1.53. The second-order valence-electron chi connectivity index (χ2n) is 3.71. The molecule has 92 valence electrons. The SMILES string of the molecule is Cc1cccc(F)c1Nc1nnccc1C(N)=S. The number of aromatic nitrogens is 2. The van der Waals surface area contributed by atoms with Gasteiger partial charge in [-0.1, -0.05) is 24.4 Å². The molecular weight excluding hydrogens is 251 g/mol. The largest absolute Gasteiger partial charge is 0.389 e. The highest BCUT2D eigenvalue weighted by molar-refractivity contribution is 7.80. The zero-order valence-electron chi connectivity index (χ0n) is 9.64. The van der Waals surface area contributed by atoms with Gasteiger partial charge in [-0.3, -0.25) is 0 Å². The summed E-state index contributed by atoms with van der Waals surface area (Å²) in [5.41, 5.74) is 7.21. The van der Waals surface area contributed by atoms with Crippen LogP contribution >= 0.6 is 12.2 Å². The molecule has 0 aliphatic heterocycles. The van der Waals surface area contributed by atoms with Crippen molar-refractivity contribution in [3.8, 4) is 0 Å². The van der Waals surface area contributed by atoms with Crippen LogP contribution in [0.25, 0.3) is 0 Å². The first-order valence-electron chi connectivity index (χ1n) is 5.23. The van der Waals surface area contributed by atoms with Gasteiger partial charge in [0.2, 0.25) is 0 Å². The van der Waals surface area contributed by atoms with Gasteiger partial charge in [0.1, 0.15) is 10.8 Å². The molecule has 0 unspecified atom stereocenters. The number of hydrogen-bond donors (Lipinski definition) is 2. The fraction of sp³-hybridized carbons (Fsp3) is 0.0833. The molecule has 0 bridgehead atoms. The second-order valence-corrected chi connectivity index (χ2v) is 4.15. The quantitative estimate of drug-likeness (QED) is 0.831. The van der Waals surface area contributed by atoms with Gasteiger partial charge in [-0.2, -0.15) is 5.10 Å². The van der Waals surface area contributed by atoms with Crippen LogP contribution in [-0.4, -0.2) is 15.2 Å². The van der Waals surface area contributed by atoms with Crippen LogP contribution in [-0.2, 0) is 0 Å². The van der Waals surface area contributed by atoms with Crippen LogP contribution in [0.5, 0.6) is 0 Å². The summed E-state index contributed by atoms with van der Waals surface area (Å²) in [6, 6.07) is 6.43. The maximum atomic E-state index is 13.7. The highest BCUT2D eigenvalue weighted by Gasteiger charge is 2.11. The number of halogens is 1. The van der Waals surface area contributed by atoms with Crippen molar-refractivity contribution in [2.75, 3.05) is 5.32 Å². The minimum atomic E-state index is -0.366. The van der Waals surface area contributed by atoms with Gasteiger partial charge in [-0.25, -0.2) is 4.39 Å². The van der Waals surface area contributed by atoms with E-state index in [4.69, 9.17) is 18.0 Å². The molecule has 18 heavy (non-hydrogen) atoms. The lowest BCUT2D eigenvalue weighted by atomic mass is 10.2. The molecule has 0 amide bonds. The van der Waals surface area contributed by atoms with Crippen molar-refractivity contribution in [1.29, 1.82) is 0 Å². The van der Waals surface area contributed by atoms with E-state index in [-0.39, 0.29) is 10.8 Å². The number of hydrogen-bond acceptors (Lipinski definition) is 4. The summed E-state index contributed by atoms with van der Waals surface area (Å²) in [5.74, 6) is -0.0206. The predicted octanol–water partition coefficient (Wildman–Crippen LogP) is 2.30. The third-order valence-electron chi connectivity index (χ3n) is 2.45. The molecular formula is C12H11FN4S. The normalized spacial score (nSPS) is 10.1. The van der Waals surface area contributed by atoms with Crippen molar-refractivity contribution in [2.24, 2.45) is 5.73 Å². The molecule has 1 heterocycles. The van der Waals surface area contributed by atoms with Gasteiger partial charge in [0.25, 0.3) is 0 Å².